The maximum absolute atomic E-state index is 13.4. The Morgan fingerprint density at radius 3 is 2.02 bits per heavy atom. The fourth-order valence-electron chi connectivity index (χ4n) is 4.42. The van der Waals surface area contributed by atoms with E-state index in [4.69, 9.17) is 4.79 Å². The minimum Gasteiger partial charge on any atom is -0.468 e. The van der Waals surface area contributed by atoms with Gasteiger partial charge in [-0.05, 0) is 73.6 Å². The zero-order valence-corrected chi connectivity index (χ0v) is 25.4. The molecule has 1 heterocycles. The van der Waals surface area contributed by atoms with Gasteiger partial charge in [-0.1, -0.05) is 45.9 Å². The topological polar surface area (TPSA) is 105 Å². The standard InChI is InChI=1S/C17H24F2.C10H10F3NO.C3H6O2.CH2O.H2O.H2/c1-12-8-15(9-12)16(2,3)11-13-6-5-7-14(10-13)17(4,18)19;1-3-8(15)9-6(2)4-7(5-14-9)10(11,12)13;1-2-5-3-4;1-2;;/h5-7,10,12,15H,8-9,11H2,1-4H3;4-5H,3H2,1-2H3;3H,2H2,1H3;1H2;1H2;1H. The zero-order chi connectivity index (χ0) is 32.0. The number of nitrogens with zero attached hydrogens (tertiary/aromatic N) is 1. The van der Waals surface area contributed by atoms with Gasteiger partial charge < -0.3 is 15.0 Å². The van der Waals surface area contributed by atoms with Crippen LogP contribution < -0.4 is 0 Å². The number of carbonyl (C=O) groups excluding carboxylic acids is 3. The maximum Gasteiger partial charge on any atom is 0.417 e. The summed E-state index contributed by atoms with van der Waals surface area (Å²) in [5.41, 5.74) is 0.912. The number of aryl methyl sites for hydroxylation is 1. The fraction of sp³-hybridized carbons (Fsp3) is 0.548. The Morgan fingerprint density at radius 2 is 1.64 bits per heavy atom. The molecule has 0 unspecified atom stereocenters. The van der Waals surface area contributed by atoms with Crippen LogP contribution in [0.1, 0.15) is 95.0 Å². The van der Waals surface area contributed by atoms with Gasteiger partial charge in [0.15, 0.2) is 5.78 Å². The molecule has 6 nitrogen and oxygen atoms in total. The highest BCUT2D eigenvalue weighted by Gasteiger charge is 2.38. The van der Waals surface area contributed by atoms with Gasteiger partial charge in [0.05, 0.1) is 12.2 Å². The van der Waals surface area contributed by atoms with Gasteiger partial charge in [0.1, 0.15) is 12.5 Å². The van der Waals surface area contributed by atoms with Crippen LogP contribution in [-0.2, 0) is 32.8 Å². The molecule has 0 saturated heterocycles. The molecule has 0 radical (unpaired) electrons. The SMILES string of the molecule is C=O.CC1CC(C(C)(C)Cc2cccc(C(C)(F)F)c2)C1.CCC(=O)c1ncc(C(F)(F)F)cc1C.CCOC=O.O.[HH]. The number of benzene rings is 1. The molecule has 1 saturated carbocycles. The number of hydrogen-bond acceptors (Lipinski definition) is 5. The first-order chi connectivity index (χ1) is 19.0. The third-order valence-corrected chi connectivity index (χ3v) is 6.80. The Bertz CT molecular complexity index is 1100. The van der Waals surface area contributed by atoms with Crippen LogP contribution in [0.3, 0.4) is 0 Å². The molecular weight excluding hydrogens is 561 g/mol. The normalized spacial score (nSPS) is 15.9. The molecule has 240 valence electrons. The molecule has 1 aromatic carbocycles. The minimum absolute atomic E-state index is 0. The number of Topliss-reactive ketones (excluding diaryl/α,β-unsaturated/α-hetero) is 1. The largest absolute Gasteiger partial charge is 0.468 e. The number of rotatable bonds is 8. The lowest BCUT2D eigenvalue weighted by atomic mass is 9.61. The lowest BCUT2D eigenvalue weighted by Gasteiger charge is -2.44. The molecule has 0 aliphatic heterocycles. The fourth-order valence-corrected chi connectivity index (χ4v) is 4.42. The van der Waals surface area contributed by atoms with Gasteiger partial charge in [-0.3, -0.25) is 14.6 Å². The smallest absolute Gasteiger partial charge is 0.417 e. The van der Waals surface area contributed by atoms with E-state index in [9.17, 15) is 31.5 Å². The van der Waals surface area contributed by atoms with Gasteiger partial charge in [-0.25, -0.2) is 8.78 Å². The Hall–Kier alpha value is -3.21. The molecule has 1 fully saturated rings. The maximum atomic E-state index is 13.4. The highest BCUT2D eigenvalue weighted by atomic mass is 19.4. The van der Waals surface area contributed by atoms with Crippen LogP contribution in [0.2, 0.25) is 0 Å². The predicted octanol–water partition coefficient (Wildman–Crippen LogP) is 7.83. The van der Waals surface area contributed by atoms with Crippen LogP contribution in [-0.4, -0.2) is 36.1 Å². The second kappa shape index (κ2) is 18.4. The first-order valence-corrected chi connectivity index (χ1v) is 13.3. The molecule has 1 aromatic heterocycles. The van der Waals surface area contributed by atoms with E-state index in [1.54, 1.807) is 26.0 Å². The van der Waals surface area contributed by atoms with Crippen molar-refractivity contribution in [2.75, 3.05) is 6.61 Å². The van der Waals surface area contributed by atoms with Crippen molar-refractivity contribution in [3.05, 3.63) is 64.5 Å². The molecule has 11 heteroatoms. The number of hydrogen-bond donors (Lipinski definition) is 0. The molecular formula is C31H46F5NO5. The summed E-state index contributed by atoms with van der Waals surface area (Å²) in [7, 11) is 0. The van der Waals surface area contributed by atoms with Crippen molar-refractivity contribution >= 4 is 19.0 Å². The van der Waals surface area contributed by atoms with E-state index in [1.165, 1.54) is 25.8 Å². The van der Waals surface area contributed by atoms with E-state index in [-0.39, 0.29) is 41.3 Å². The van der Waals surface area contributed by atoms with Gasteiger partial charge >= 0.3 is 6.18 Å². The van der Waals surface area contributed by atoms with Crippen molar-refractivity contribution in [1.29, 1.82) is 0 Å². The van der Waals surface area contributed by atoms with E-state index in [0.717, 1.165) is 36.8 Å². The van der Waals surface area contributed by atoms with Crippen molar-refractivity contribution < 1.29 is 48.0 Å². The second-order valence-electron chi connectivity index (χ2n) is 10.7. The van der Waals surface area contributed by atoms with Crippen molar-refractivity contribution in [2.45, 2.75) is 86.2 Å². The Kier molecular flexibility index (Phi) is 17.9. The second-order valence-corrected chi connectivity index (χ2v) is 10.7. The summed E-state index contributed by atoms with van der Waals surface area (Å²) in [6.07, 6.45) is -0.0534. The average Bonchev–Trinajstić information content (AvgIpc) is 2.87. The Morgan fingerprint density at radius 1 is 1.07 bits per heavy atom. The summed E-state index contributed by atoms with van der Waals surface area (Å²) >= 11 is 0. The van der Waals surface area contributed by atoms with Crippen molar-refractivity contribution in [1.82, 2.24) is 4.98 Å². The third-order valence-electron chi connectivity index (χ3n) is 6.80. The van der Waals surface area contributed by atoms with E-state index >= 15 is 0 Å². The molecule has 2 N–H and O–H groups in total. The molecule has 42 heavy (non-hydrogen) atoms. The highest BCUT2D eigenvalue weighted by molar-refractivity contribution is 5.95. The number of aromatic nitrogens is 1. The average molecular weight is 608 g/mol. The minimum atomic E-state index is -4.41. The lowest BCUT2D eigenvalue weighted by molar-refractivity contribution is -0.138. The zero-order valence-electron chi connectivity index (χ0n) is 25.4. The first kappa shape index (κ1) is 40.9. The highest BCUT2D eigenvalue weighted by Crippen LogP contribution is 2.47. The number of ketones is 1. The molecule has 0 amide bonds. The van der Waals surface area contributed by atoms with E-state index in [0.29, 0.717) is 19.3 Å². The summed E-state index contributed by atoms with van der Waals surface area (Å²) in [5.74, 6) is -1.43. The monoisotopic (exact) mass is 607 g/mol. The van der Waals surface area contributed by atoms with Crippen LogP contribution in [0.25, 0.3) is 0 Å². The molecule has 3 rings (SSSR count). The number of ether oxygens (including phenoxy) is 1. The van der Waals surface area contributed by atoms with Gasteiger partial charge in [0.2, 0.25) is 0 Å². The summed E-state index contributed by atoms with van der Waals surface area (Å²) in [4.78, 5) is 32.0. The van der Waals surface area contributed by atoms with Crippen LogP contribution in [0.15, 0.2) is 36.5 Å². The van der Waals surface area contributed by atoms with Crippen LogP contribution >= 0.6 is 0 Å². The molecule has 0 bridgehead atoms. The Labute approximate surface area is 246 Å². The van der Waals surface area contributed by atoms with E-state index in [1.807, 2.05) is 12.9 Å². The van der Waals surface area contributed by atoms with Gasteiger partial charge in [0, 0.05) is 26.5 Å². The van der Waals surface area contributed by atoms with E-state index in [2.05, 4.69) is 30.5 Å². The Balaban J connectivity index is -0.000000599. The van der Waals surface area contributed by atoms with Crippen LogP contribution in [0.4, 0.5) is 22.0 Å². The lowest BCUT2D eigenvalue weighted by Crippen LogP contribution is -2.36. The number of carbonyl (C=O) groups is 3. The molecule has 1 aliphatic rings. The van der Waals surface area contributed by atoms with Crippen molar-refractivity contribution in [2.24, 2.45) is 17.3 Å². The van der Waals surface area contributed by atoms with E-state index < -0.39 is 17.7 Å². The molecule has 0 atom stereocenters. The molecule has 0 spiro atoms. The molecule has 1 aliphatic carbocycles. The summed E-state index contributed by atoms with van der Waals surface area (Å²) in [6.45, 7) is 15.5. The van der Waals surface area contributed by atoms with Crippen LogP contribution in [0, 0.1) is 24.2 Å². The van der Waals surface area contributed by atoms with Gasteiger partial charge in [0.25, 0.3) is 12.4 Å². The van der Waals surface area contributed by atoms with Crippen molar-refractivity contribution in [3.8, 4) is 0 Å². The summed E-state index contributed by atoms with van der Waals surface area (Å²) in [5, 5.41) is 0. The van der Waals surface area contributed by atoms with Crippen LogP contribution in [0.5, 0.6) is 0 Å². The predicted molar refractivity (Wildman–Crippen MR) is 155 cm³/mol. The number of alkyl halides is 5. The van der Waals surface area contributed by atoms with Gasteiger partial charge in [-0.15, -0.1) is 0 Å². The third kappa shape index (κ3) is 13.6. The first-order valence-electron chi connectivity index (χ1n) is 13.3. The summed E-state index contributed by atoms with van der Waals surface area (Å²) < 4.78 is 67.6. The number of halogens is 5. The molecule has 2 aromatic rings. The van der Waals surface area contributed by atoms with Crippen molar-refractivity contribution in [3.63, 3.8) is 0 Å². The summed E-state index contributed by atoms with van der Waals surface area (Å²) in [6, 6.07) is 7.85. The van der Waals surface area contributed by atoms with Gasteiger partial charge in [-0.2, -0.15) is 13.2 Å². The quantitative estimate of drug-likeness (QED) is 0.173. The number of pyridine rings is 1.